The van der Waals surface area contributed by atoms with E-state index in [0.29, 0.717) is 27.1 Å². The zero-order valence-corrected chi connectivity index (χ0v) is 13.7. The average molecular weight is 331 g/mol. The molecule has 1 aliphatic rings. The summed E-state index contributed by atoms with van der Waals surface area (Å²) in [5.74, 6) is 0.360. The van der Waals surface area contributed by atoms with Gasteiger partial charge in [0.25, 0.3) is 5.91 Å². The maximum absolute atomic E-state index is 12.4. The van der Waals surface area contributed by atoms with Crippen LogP contribution in [0.1, 0.15) is 39.7 Å². The van der Waals surface area contributed by atoms with Crippen molar-refractivity contribution in [3.63, 3.8) is 0 Å². The number of nitrogens with zero attached hydrogens (tertiary/aromatic N) is 1. The fourth-order valence-electron chi connectivity index (χ4n) is 2.77. The number of nitriles is 1. The van der Waals surface area contributed by atoms with E-state index in [2.05, 4.69) is 18.3 Å². The molecule has 1 atom stereocenters. The lowest BCUT2D eigenvalue weighted by molar-refractivity contribution is 0.102. The van der Waals surface area contributed by atoms with Crippen molar-refractivity contribution in [3.8, 4) is 6.07 Å². The Bertz CT molecular complexity index is 775. The van der Waals surface area contributed by atoms with Crippen molar-refractivity contribution in [1.82, 2.24) is 0 Å². The number of benzene rings is 1. The Morgan fingerprint density at radius 3 is 2.95 bits per heavy atom. The van der Waals surface area contributed by atoms with E-state index in [0.717, 1.165) is 24.8 Å². The molecule has 2 aromatic rings. The Hall–Kier alpha value is -1.83. The van der Waals surface area contributed by atoms with Gasteiger partial charge in [0.2, 0.25) is 0 Å². The Balaban J connectivity index is 1.92. The number of anilines is 1. The Morgan fingerprint density at radius 2 is 2.23 bits per heavy atom. The van der Waals surface area contributed by atoms with Crippen molar-refractivity contribution in [2.75, 3.05) is 5.32 Å². The highest BCUT2D eigenvalue weighted by Gasteiger charge is 2.25. The number of halogens is 1. The number of nitrogens with one attached hydrogen (secondary N) is 1. The van der Waals surface area contributed by atoms with Gasteiger partial charge in [0.05, 0.1) is 16.1 Å². The molecule has 0 fully saturated rings. The van der Waals surface area contributed by atoms with E-state index < -0.39 is 0 Å². The predicted molar refractivity (Wildman–Crippen MR) is 89.6 cm³/mol. The van der Waals surface area contributed by atoms with Gasteiger partial charge in [0, 0.05) is 4.88 Å². The number of hydrogen-bond acceptors (Lipinski definition) is 3. The van der Waals surface area contributed by atoms with Gasteiger partial charge in [-0.05, 0) is 42.9 Å². The zero-order chi connectivity index (χ0) is 15.7. The van der Waals surface area contributed by atoms with E-state index in [9.17, 15) is 10.1 Å². The highest BCUT2D eigenvalue weighted by Crippen LogP contribution is 2.39. The summed E-state index contributed by atoms with van der Waals surface area (Å²) in [4.78, 5) is 13.6. The first-order chi connectivity index (χ1) is 10.6. The third-order valence-electron chi connectivity index (χ3n) is 3.97. The summed E-state index contributed by atoms with van der Waals surface area (Å²) in [5, 5.41) is 13.4. The smallest absolute Gasteiger partial charge is 0.257 e. The van der Waals surface area contributed by atoms with Crippen LogP contribution in [0.4, 0.5) is 5.00 Å². The monoisotopic (exact) mass is 330 g/mol. The maximum Gasteiger partial charge on any atom is 0.257 e. The van der Waals surface area contributed by atoms with Gasteiger partial charge < -0.3 is 5.32 Å². The van der Waals surface area contributed by atoms with Crippen LogP contribution in [-0.4, -0.2) is 5.91 Å². The number of thiophene rings is 1. The number of carbonyl (C=O) groups excluding carboxylic acids is 1. The second-order valence-electron chi connectivity index (χ2n) is 5.60. The molecule has 22 heavy (non-hydrogen) atoms. The molecule has 5 heteroatoms. The largest absolute Gasteiger partial charge is 0.312 e. The van der Waals surface area contributed by atoms with Crippen LogP contribution in [-0.2, 0) is 12.8 Å². The third kappa shape index (κ3) is 2.75. The van der Waals surface area contributed by atoms with Crippen molar-refractivity contribution >= 4 is 33.8 Å². The van der Waals surface area contributed by atoms with Gasteiger partial charge in [-0.15, -0.1) is 11.3 Å². The van der Waals surface area contributed by atoms with Gasteiger partial charge in [-0.2, -0.15) is 5.26 Å². The summed E-state index contributed by atoms with van der Waals surface area (Å²) in [5.41, 5.74) is 2.15. The average Bonchev–Trinajstić information content (AvgIpc) is 2.83. The molecule has 1 aromatic carbocycles. The molecule has 1 aliphatic carbocycles. The molecule has 0 radical (unpaired) electrons. The Kier molecular flexibility index (Phi) is 4.19. The van der Waals surface area contributed by atoms with Gasteiger partial charge >= 0.3 is 0 Å². The molecule has 1 N–H and O–H groups in total. The van der Waals surface area contributed by atoms with E-state index in [1.165, 1.54) is 16.2 Å². The Morgan fingerprint density at radius 1 is 1.45 bits per heavy atom. The lowest BCUT2D eigenvalue weighted by Crippen LogP contribution is -2.12. The highest BCUT2D eigenvalue weighted by molar-refractivity contribution is 7.16. The molecule has 0 unspecified atom stereocenters. The van der Waals surface area contributed by atoms with E-state index in [1.807, 2.05) is 0 Å². The predicted octanol–water partition coefficient (Wildman–Crippen LogP) is 4.65. The molecule has 0 bridgehead atoms. The maximum atomic E-state index is 12.4. The lowest BCUT2D eigenvalue weighted by Gasteiger charge is -2.17. The molecule has 3 nitrogen and oxygen atoms in total. The SMILES string of the molecule is C[C@@H]1CCc2c(sc(NC(=O)c3ccccc3Cl)c2C#N)C1. The molecule has 0 saturated carbocycles. The first kappa shape index (κ1) is 15.1. The van der Waals surface area contributed by atoms with Crippen molar-refractivity contribution in [3.05, 3.63) is 50.9 Å². The summed E-state index contributed by atoms with van der Waals surface area (Å²) in [7, 11) is 0. The fourth-order valence-corrected chi connectivity index (χ4v) is 4.35. The van der Waals surface area contributed by atoms with Crippen LogP contribution in [0.15, 0.2) is 24.3 Å². The number of hydrogen-bond donors (Lipinski definition) is 1. The summed E-state index contributed by atoms with van der Waals surface area (Å²) >= 11 is 7.58. The van der Waals surface area contributed by atoms with Gasteiger partial charge in [0.15, 0.2) is 0 Å². The van der Waals surface area contributed by atoms with E-state index in [1.54, 1.807) is 24.3 Å². The third-order valence-corrected chi connectivity index (χ3v) is 5.47. The standard InChI is InChI=1S/C17H15ClN2OS/c1-10-6-7-11-13(9-19)17(22-15(11)8-10)20-16(21)12-4-2-3-5-14(12)18/h2-5,10H,6-8H2,1H3,(H,20,21)/t10-/m1/s1. The first-order valence-corrected chi connectivity index (χ1v) is 8.40. The van der Waals surface area contributed by atoms with Crippen LogP contribution in [0, 0.1) is 17.2 Å². The molecule has 3 rings (SSSR count). The van der Waals surface area contributed by atoms with Crippen LogP contribution < -0.4 is 5.32 Å². The van der Waals surface area contributed by atoms with E-state index in [-0.39, 0.29) is 5.91 Å². The number of fused-ring (bicyclic) bond motifs is 1. The van der Waals surface area contributed by atoms with Crippen LogP contribution in [0.3, 0.4) is 0 Å². The zero-order valence-electron chi connectivity index (χ0n) is 12.1. The molecule has 1 heterocycles. The van der Waals surface area contributed by atoms with Crippen molar-refractivity contribution in [1.29, 1.82) is 5.26 Å². The van der Waals surface area contributed by atoms with Crippen molar-refractivity contribution in [2.24, 2.45) is 5.92 Å². The summed E-state index contributed by atoms with van der Waals surface area (Å²) in [6.45, 7) is 2.22. The van der Waals surface area contributed by atoms with Gasteiger partial charge in [-0.1, -0.05) is 30.7 Å². The fraction of sp³-hybridized carbons (Fsp3) is 0.294. The summed E-state index contributed by atoms with van der Waals surface area (Å²) in [6.07, 6.45) is 2.99. The van der Waals surface area contributed by atoms with E-state index >= 15 is 0 Å². The minimum absolute atomic E-state index is 0.270. The topological polar surface area (TPSA) is 52.9 Å². The van der Waals surface area contributed by atoms with Crippen LogP contribution in [0.5, 0.6) is 0 Å². The minimum atomic E-state index is -0.270. The first-order valence-electron chi connectivity index (χ1n) is 7.20. The second kappa shape index (κ2) is 6.12. The summed E-state index contributed by atoms with van der Waals surface area (Å²) < 4.78 is 0. The lowest BCUT2D eigenvalue weighted by atomic mass is 9.88. The molecule has 0 spiro atoms. The molecule has 1 amide bonds. The van der Waals surface area contributed by atoms with E-state index in [4.69, 9.17) is 11.6 Å². The molecular formula is C17H15ClN2OS. The van der Waals surface area contributed by atoms with Gasteiger partial charge in [0.1, 0.15) is 11.1 Å². The van der Waals surface area contributed by atoms with Crippen LogP contribution in [0.25, 0.3) is 0 Å². The second-order valence-corrected chi connectivity index (χ2v) is 7.11. The number of amides is 1. The normalized spacial score (nSPS) is 16.7. The summed E-state index contributed by atoms with van der Waals surface area (Å²) in [6, 6.07) is 9.17. The van der Waals surface area contributed by atoms with Gasteiger partial charge in [-0.25, -0.2) is 0 Å². The molecule has 112 valence electrons. The Labute approximate surface area is 138 Å². The van der Waals surface area contributed by atoms with Crippen LogP contribution in [0.2, 0.25) is 5.02 Å². The van der Waals surface area contributed by atoms with Crippen molar-refractivity contribution in [2.45, 2.75) is 26.2 Å². The molecule has 0 saturated heterocycles. The minimum Gasteiger partial charge on any atom is -0.312 e. The highest BCUT2D eigenvalue weighted by atomic mass is 35.5. The number of carbonyl (C=O) groups is 1. The number of rotatable bonds is 2. The van der Waals surface area contributed by atoms with Crippen LogP contribution >= 0.6 is 22.9 Å². The molecule has 0 aliphatic heterocycles. The quantitative estimate of drug-likeness (QED) is 0.871. The molecule has 1 aromatic heterocycles. The molecular weight excluding hydrogens is 316 g/mol. The van der Waals surface area contributed by atoms with Gasteiger partial charge in [-0.3, -0.25) is 4.79 Å². The van der Waals surface area contributed by atoms with Crippen molar-refractivity contribution < 1.29 is 4.79 Å².